The van der Waals surface area contributed by atoms with Crippen LogP contribution in [0.2, 0.25) is 0 Å². The van der Waals surface area contributed by atoms with E-state index in [2.05, 4.69) is 6.58 Å². The van der Waals surface area contributed by atoms with Crippen LogP contribution in [-0.4, -0.2) is 38.9 Å². The van der Waals surface area contributed by atoms with Crippen LogP contribution in [0.5, 0.6) is 17.2 Å². The van der Waals surface area contributed by atoms with Gasteiger partial charge >= 0.3 is 0 Å². The summed E-state index contributed by atoms with van der Waals surface area (Å²) in [7, 11) is 0. The topological polar surface area (TPSA) is 52.4 Å². The predicted molar refractivity (Wildman–Crippen MR) is 115 cm³/mol. The Morgan fingerprint density at radius 3 is 2.73 bits per heavy atom. The van der Waals surface area contributed by atoms with Crippen molar-refractivity contribution in [3.05, 3.63) is 60.7 Å². The van der Waals surface area contributed by atoms with Crippen LogP contribution >= 0.6 is 0 Å². The number of amides is 1. The van der Waals surface area contributed by atoms with Gasteiger partial charge < -0.3 is 24.0 Å². The highest BCUT2D eigenvalue weighted by molar-refractivity contribution is 5.94. The van der Waals surface area contributed by atoms with Crippen LogP contribution in [0.4, 0.5) is 5.69 Å². The largest absolute Gasteiger partial charge is 0.489 e. The molecule has 2 aliphatic rings. The second kappa shape index (κ2) is 9.67. The number of piperidine rings is 1. The number of carbonyl (C=O) groups excluding carboxylic acids is 1. The van der Waals surface area contributed by atoms with E-state index in [4.69, 9.17) is 14.2 Å². The molecule has 0 unspecified atom stereocenters. The Hall–Kier alpha value is -2.99. The van der Waals surface area contributed by atoms with Gasteiger partial charge in [-0.1, -0.05) is 30.9 Å². The van der Waals surface area contributed by atoms with Crippen molar-refractivity contribution >= 4 is 11.6 Å². The molecule has 2 aromatic rings. The number of nitrogens with zero attached hydrogens (tertiary/aromatic N) is 1. The van der Waals surface area contributed by atoms with Crippen molar-refractivity contribution in [2.24, 2.45) is 0 Å². The number of ether oxygens (including phenoxy) is 3. The van der Waals surface area contributed by atoms with E-state index in [0.29, 0.717) is 31.2 Å². The van der Waals surface area contributed by atoms with Gasteiger partial charge in [0.2, 0.25) is 6.79 Å². The molecule has 4 rings (SSSR count). The summed E-state index contributed by atoms with van der Waals surface area (Å²) in [5.74, 6) is 2.25. The van der Waals surface area contributed by atoms with E-state index in [-0.39, 0.29) is 12.7 Å². The van der Waals surface area contributed by atoms with Gasteiger partial charge in [-0.05, 0) is 37.5 Å². The SMILES string of the molecule is C=CCOc1ccccc1CN(C(=O)C[NH+]1CCCCC1)c1ccc2c(c1)OCO2. The molecule has 1 fully saturated rings. The van der Waals surface area contributed by atoms with E-state index in [9.17, 15) is 4.79 Å². The predicted octanol–water partition coefficient (Wildman–Crippen LogP) is 2.58. The Kier molecular flexibility index (Phi) is 6.54. The lowest BCUT2D eigenvalue weighted by atomic mass is 10.1. The van der Waals surface area contributed by atoms with Crippen molar-refractivity contribution in [2.45, 2.75) is 25.8 Å². The highest BCUT2D eigenvalue weighted by atomic mass is 16.7. The van der Waals surface area contributed by atoms with Crippen molar-refractivity contribution in [3.8, 4) is 17.2 Å². The van der Waals surface area contributed by atoms with Gasteiger partial charge in [0.05, 0.1) is 19.6 Å². The van der Waals surface area contributed by atoms with Crippen molar-refractivity contribution in [1.82, 2.24) is 0 Å². The molecule has 6 heteroatoms. The van der Waals surface area contributed by atoms with Crippen molar-refractivity contribution in [2.75, 3.05) is 37.9 Å². The number of rotatable bonds is 8. The fraction of sp³-hybridized carbons (Fsp3) is 0.375. The van der Waals surface area contributed by atoms with Gasteiger partial charge in [-0.15, -0.1) is 0 Å². The first-order valence-electron chi connectivity index (χ1n) is 10.6. The van der Waals surface area contributed by atoms with Gasteiger partial charge in [-0.25, -0.2) is 0 Å². The summed E-state index contributed by atoms with van der Waals surface area (Å²) >= 11 is 0. The summed E-state index contributed by atoms with van der Waals surface area (Å²) in [6, 6.07) is 13.5. The van der Waals surface area contributed by atoms with Crippen LogP contribution in [0, 0.1) is 0 Å². The fourth-order valence-corrected chi connectivity index (χ4v) is 4.01. The Morgan fingerprint density at radius 2 is 1.90 bits per heavy atom. The number of benzene rings is 2. The van der Waals surface area contributed by atoms with Gasteiger partial charge in [0, 0.05) is 17.3 Å². The molecular weight excluding hydrogens is 380 g/mol. The van der Waals surface area contributed by atoms with E-state index in [1.165, 1.54) is 24.2 Å². The molecule has 1 saturated heterocycles. The number of likely N-dealkylation sites (tertiary alicyclic amines) is 1. The zero-order valence-electron chi connectivity index (χ0n) is 17.3. The fourth-order valence-electron chi connectivity index (χ4n) is 4.01. The van der Waals surface area contributed by atoms with Crippen molar-refractivity contribution in [1.29, 1.82) is 0 Å². The zero-order valence-corrected chi connectivity index (χ0v) is 17.3. The number of quaternary nitrogens is 1. The number of anilines is 1. The quantitative estimate of drug-likeness (QED) is 0.681. The minimum atomic E-state index is 0.101. The summed E-state index contributed by atoms with van der Waals surface area (Å²) in [5.41, 5.74) is 1.76. The first-order valence-corrected chi connectivity index (χ1v) is 10.6. The molecule has 0 saturated carbocycles. The molecule has 1 amide bonds. The maximum atomic E-state index is 13.4. The average Bonchev–Trinajstić information content (AvgIpc) is 3.25. The van der Waals surface area contributed by atoms with Gasteiger partial charge in [-0.2, -0.15) is 0 Å². The number of hydrogen-bond acceptors (Lipinski definition) is 4. The van der Waals surface area contributed by atoms with E-state index in [1.807, 2.05) is 47.4 Å². The maximum Gasteiger partial charge on any atom is 0.282 e. The molecule has 30 heavy (non-hydrogen) atoms. The first-order chi connectivity index (χ1) is 14.7. The van der Waals surface area contributed by atoms with Crippen LogP contribution in [0.1, 0.15) is 24.8 Å². The monoisotopic (exact) mass is 409 g/mol. The summed E-state index contributed by atoms with van der Waals surface area (Å²) < 4.78 is 16.8. The Labute approximate surface area is 177 Å². The third-order valence-electron chi connectivity index (χ3n) is 5.59. The Bertz CT molecular complexity index is 893. The first kappa shape index (κ1) is 20.3. The molecule has 2 aliphatic heterocycles. The number of nitrogens with one attached hydrogen (secondary N) is 1. The molecule has 1 N–H and O–H groups in total. The highest BCUT2D eigenvalue weighted by Crippen LogP contribution is 2.36. The molecule has 0 spiro atoms. The van der Waals surface area contributed by atoms with E-state index >= 15 is 0 Å². The molecule has 0 aliphatic carbocycles. The number of carbonyl (C=O) groups is 1. The molecule has 158 valence electrons. The molecule has 0 aromatic heterocycles. The van der Waals surface area contributed by atoms with Gasteiger partial charge in [0.25, 0.3) is 5.91 Å². The summed E-state index contributed by atoms with van der Waals surface area (Å²) in [6.45, 7) is 7.39. The van der Waals surface area contributed by atoms with Gasteiger partial charge in [-0.3, -0.25) is 4.79 Å². The van der Waals surface area contributed by atoms with E-state index < -0.39 is 0 Å². The second-order valence-electron chi connectivity index (χ2n) is 7.71. The smallest absolute Gasteiger partial charge is 0.282 e. The van der Waals surface area contributed by atoms with Crippen molar-refractivity contribution in [3.63, 3.8) is 0 Å². The standard InChI is InChI=1S/C24H28N2O4/c1-2-14-28-21-9-5-4-8-19(21)16-26(24(27)17-25-12-6-3-7-13-25)20-10-11-22-23(15-20)30-18-29-22/h2,4-5,8-11,15H,1,3,6-7,12-14,16-18H2/p+1. The molecule has 0 atom stereocenters. The molecule has 6 nitrogen and oxygen atoms in total. The lowest BCUT2D eigenvalue weighted by molar-refractivity contribution is -0.896. The van der Waals surface area contributed by atoms with Crippen LogP contribution in [0.25, 0.3) is 0 Å². The van der Waals surface area contributed by atoms with Crippen molar-refractivity contribution < 1.29 is 23.9 Å². The lowest BCUT2D eigenvalue weighted by Gasteiger charge is -2.28. The number of para-hydroxylation sites is 1. The van der Waals surface area contributed by atoms with Gasteiger partial charge in [0.1, 0.15) is 12.4 Å². The van der Waals surface area contributed by atoms with Gasteiger partial charge in [0.15, 0.2) is 18.0 Å². The van der Waals surface area contributed by atoms with E-state index in [1.54, 1.807) is 6.08 Å². The third kappa shape index (κ3) is 4.76. The molecule has 0 radical (unpaired) electrons. The van der Waals surface area contributed by atoms with Crippen LogP contribution in [-0.2, 0) is 11.3 Å². The van der Waals surface area contributed by atoms with Crippen LogP contribution < -0.4 is 24.0 Å². The molecule has 2 heterocycles. The minimum Gasteiger partial charge on any atom is -0.489 e. The second-order valence-corrected chi connectivity index (χ2v) is 7.71. The summed E-state index contributed by atoms with van der Waals surface area (Å²) in [6.07, 6.45) is 5.35. The molecular formula is C24H29N2O4+. The highest BCUT2D eigenvalue weighted by Gasteiger charge is 2.26. The lowest BCUT2D eigenvalue weighted by Crippen LogP contribution is -3.13. The van der Waals surface area contributed by atoms with E-state index in [0.717, 1.165) is 30.1 Å². The Morgan fingerprint density at radius 1 is 1.10 bits per heavy atom. The molecule has 0 bridgehead atoms. The zero-order chi connectivity index (χ0) is 20.8. The molecule has 2 aromatic carbocycles. The third-order valence-corrected chi connectivity index (χ3v) is 5.59. The minimum absolute atomic E-state index is 0.101. The number of fused-ring (bicyclic) bond motifs is 1. The Balaban J connectivity index is 1.60. The summed E-state index contributed by atoms with van der Waals surface area (Å²) in [4.78, 5) is 16.6. The normalized spacial score (nSPS) is 15.6. The van der Waals surface area contributed by atoms with Crippen LogP contribution in [0.15, 0.2) is 55.1 Å². The summed E-state index contributed by atoms with van der Waals surface area (Å²) in [5, 5.41) is 0. The maximum absolute atomic E-state index is 13.4. The average molecular weight is 410 g/mol. The number of hydrogen-bond donors (Lipinski definition) is 1. The van der Waals surface area contributed by atoms with Crippen LogP contribution in [0.3, 0.4) is 0 Å².